The van der Waals surface area contributed by atoms with E-state index in [0.717, 1.165) is 25.9 Å². The van der Waals surface area contributed by atoms with Crippen LogP contribution < -0.4 is 0 Å². The van der Waals surface area contributed by atoms with E-state index in [1.165, 1.54) is 0 Å². The molecule has 2 aliphatic rings. The largest absolute Gasteiger partial charge is 0.391 e. The second kappa shape index (κ2) is 3.56. The summed E-state index contributed by atoms with van der Waals surface area (Å²) in [4.78, 5) is 2.31. The molecule has 0 radical (unpaired) electrons. The lowest BCUT2D eigenvalue weighted by molar-refractivity contribution is 0.0289. The van der Waals surface area contributed by atoms with Gasteiger partial charge in [-0.3, -0.25) is 4.90 Å². The Morgan fingerprint density at radius 3 is 2.62 bits per heavy atom. The van der Waals surface area contributed by atoms with Crippen LogP contribution in [0.3, 0.4) is 0 Å². The van der Waals surface area contributed by atoms with Crippen molar-refractivity contribution < 1.29 is 9.84 Å². The van der Waals surface area contributed by atoms with Gasteiger partial charge in [0.15, 0.2) is 0 Å². The van der Waals surface area contributed by atoms with Crippen LogP contribution in [0.25, 0.3) is 0 Å². The highest BCUT2D eigenvalue weighted by molar-refractivity contribution is 5.03. The average Bonchev–Trinajstić information content (AvgIpc) is 2.89. The van der Waals surface area contributed by atoms with E-state index in [0.29, 0.717) is 12.2 Å². The molecule has 4 unspecified atom stereocenters. The summed E-state index contributed by atoms with van der Waals surface area (Å²) in [7, 11) is 0. The normalized spacial score (nSPS) is 43.4. The van der Waals surface area contributed by atoms with Crippen LogP contribution in [0.4, 0.5) is 0 Å². The number of aliphatic hydroxyl groups excluding tert-OH is 1. The summed E-state index contributed by atoms with van der Waals surface area (Å²) in [6.45, 7) is 6.29. The highest BCUT2D eigenvalue weighted by Gasteiger charge is 2.52. The minimum absolute atomic E-state index is 0.177. The first-order valence-electron chi connectivity index (χ1n) is 5.35. The monoisotopic (exact) mass is 185 g/mol. The lowest BCUT2D eigenvalue weighted by Crippen LogP contribution is -2.49. The number of fused-ring (bicyclic) bond motifs is 1. The van der Waals surface area contributed by atoms with E-state index in [1.807, 2.05) is 0 Å². The fraction of sp³-hybridized carbons (Fsp3) is 1.00. The highest BCUT2D eigenvalue weighted by Crippen LogP contribution is 2.39. The van der Waals surface area contributed by atoms with Gasteiger partial charge in [0, 0.05) is 0 Å². The van der Waals surface area contributed by atoms with Crippen molar-refractivity contribution in [3.8, 4) is 0 Å². The minimum Gasteiger partial charge on any atom is -0.391 e. The Hall–Kier alpha value is -0.120. The predicted molar refractivity (Wildman–Crippen MR) is 50.6 cm³/mol. The molecular formula is C10H19NO2. The van der Waals surface area contributed by atoms with Crippen molar-refractivity contribution >= 4 is 0 Å². The van der Waals surface area contributed by atoms with Gasteiger partial charge in [0.25, 0.3) is 0 Å². The van der Waals surface area contributed by atoms with Gasteiger partial charge in [-0.2, -0.15) is 0 Å². The number of hydrogen-bond acceptors (Lipinski definition) is 3. The smallest absolute Gasteiger partial charge is 0.102 e. The van der Waals surface area contributed by atoms with Crippen molar-refractivity contribution in [2.75, 3.05) is 13.1 Å². The number of likely N-dealkylation sites (N-methyl/N-ethyl adjacent to an activating group) is 1. The minimum atomic E-state index is -0.177. The molecule has 1 saturated heterocycles. The van der Waals surface area contributed by atoms with Gasteiger partial charge in [0.2, 0.25) is 0 Å². The Bertz CT molecular complexity index is 180. The Labute approximate surface area is 79.7 Å². The third kappa shape index (κ3) is 1.60. The van der Waals surface area contributed by atoms with E-state index in [4.69, 9.17) is 4.74 Å². The third-order valence-electron chi connectivity index (χ3n) is 3.33. The van der Waals surface area contributed by atoms with Crippen molar-refractivity contribution in [1.82, 2.24) is 4.90 Å². The van der Waals surface area contributed by atoms with E-state index < -0.39 is 0 Å². The van der Waals surface area contributed by atoms with Gasteiger partial charge in [-0.05, 0) is 25.9 Å². The summed E-state index contributed by atoms with van der Waals surface area (Å²) in [6.07, 6.45) is 2.55. The van der Waals surface area contributed by atoms with Gasteiger partial charge < -0.3 is 9.84 Å². The first-order chi connectivity index (χ1) is 6.27. The Morgan fingerprint density at radius 2 is 2.00 bits per heavy atom. The van der Waals surface area contributed by atoms with Crippen LogP contribution in [0.5, 0.6) is 0 Å². The number of aliphatic hydroxyl groups is 1. The quantitative estimate of drug-likeness (QED) is 0.655. The number of nitrogens with zero attached hydrogens (tertiary/aromatic N) is 1. The Morgan fingerprint density at radius 1 is 1.31 bits per heavy atom. The molecule has 0 aromatic rings. The maximum absolute atomic E-state index is 9.88. The Balaban J connectivity index is 2.01. The lowest BCUT2D eigenvalue weighted by atomic mass is 9.91. The molecule has 0 aromatic carbocycles. The van der Waals surface area contributed by atoms with Crippen LogP contribution in [-0.4, -0.2) is 47.4 Å². The molecule has 1 aliphatic heterocycles. The van der Waals surface area contributed by atoms with Gasteiger partial charge in [0.05, 0.1) is 18.2 Å². The standard InChI is InChI=1S/C10H19NO2/c1-3-11(4-2)9-7(12)5-6-8-10(9)13-8/h7-10,12H,3-6H2,1-2H3. The number of ether oxygens (including phenoxy) is 1. The molecule has 3 heteroatoms. The summed E-state index contributed by atoms with van der Waals surface area (Å²) < 4.78 is 5.54. The molecule has 0 amide bonds. The van der Waals surface area contributed by atoms with Crippen LogP contribution in [-0.2, 0) is 4.74 Å². The SMILES string of the molecule is CCN(CC)C1C(O)CCC2OC21. The molecule has 0 aromatic heterocycles. The summed E-state index contributed by atoms with van der Waals surface area (Å²) in [5, 5.41) is 9.88. The number of hydrogen-bond donors (Lipinski definition) is 1. The van der Waals surface area contributed by atoms with Crippen molar-refractivity contribution in [3.05, 3.63) is 0 Å². The molecule has 1 N–H and O–H groups in total. The molecule has 0 bridgehead atoms. The van der Waals surface area contributed by atoms with Gasteiger partial charge in [-0.15, -0.1) is 0 Å². The van der Waals surface area contributed by atoms with Crippen molar-refractivity contribution in [1.29, 1.82) is 0 Å². The molecule has 0 spiro atoms. The summed E-state index contributed by atoms with van der Waals surface area (Å²) >= 11 is 0. The molecule has 76 valence electrons. The second-order valence-electron chi connectivity index (χ2n) is 4.00. The van der Waals surface area contributed by atoms with Crippen LogP contribution >= 0.6 is 0 Å². The fourth-order valence-electron chi connectivity index (χ4n) is 2.51. The van der Waals surface area contributed by atoms with E-state index in [-0.39, 0.29) is 12.1 Å². The summed E-state index contributed by atoms with van der Waals surface area (Å²) in [6, 6.07) is 0.258. The van der Waals surface area contributed by atoms with E-state index >= 15 is 0 Å². The number of rotatable bonds is 3. The molecular weight excluding hydrogens is 166 g/mol. The van der Waals surface area contributed by atoms with Crippen molar-refractivity contribution in [3.63, 3.8) is 0 Å². The number of epoxide rings is 1. The van der Waals surface area contributed by atoms with Crippen LogP contribution in [0.2, 0.25) is 0 Å². The third-order valence-corrected chi connectivity index (χ3v) is 3.33. The first-order valence-corrected chi connectivity index (χ1v) is 5.35. The second-order valence-corrected chi connectivity index (χ2v) is 4.00. The van der Waals surface area contributed by atoms with Gasteiger partial charge in [0.1, 0.15) is 6.10 Å². The van der Waals surface area contributed by atoms with E-state index in [1.54, 1.807) is 0 Å². The summed E-state index contributed by atoms with van der Waals surface area (Å²) in [5.74, 6) is 0. The van der Waals surface area contributed by atoms with Gasteiger partial charge in [-0.1, -0.05) is 13.8 Å². The van der Waals surface area contributed by atoms with E-state index in [9.17, 15) is 5.11 Å². The van der Waals surface area contributed by atoms with Crippen LogP contribution in [0, 0.1) is 0 Å². The molecule has 4 atom stereocenters. The van der Waals surface area contributed by atoms with Crippen LogP contribution in [0.15, 0.2) is 0 Å². The molecule has 1 aliphatic carbocycles. The van der Waals surface area contributed by atoms with Gasteiger partial charge in [-0.25, -0.2) is 0 Å². The topological polar surface area (TPSA) is 36.0 Å². The van der Waals surface area contributed by atoms with E-state index in [2.05, 4.69) is 18.7 Å². The molecule has 2 rings (SSSR count). The maximum atomic E-state index is 9.88. The zero-order valence-electron chi connectivity index (χ0n) is 8.44. The predicted octanol–water partition coefficient (Wildman–Crippen LogP) is 0.619. The zero-order chi connectivity index (χ0) is 9.42. The van der Waals surface area contributed by atoms with Crippen LogP contribution in [0.1, 0.15) is 26.7 Å². The molecule has 2 fully saturated rings. The molecule has 13 heavy (non-hydrogen) atoms. The van der Waals surface area contributed by atoms with Gasteiger partial charge >= 0.3 is 0 Å². The zero-order valence-corrected chi connectivity index (χ0v) is 8.44. The lowest BCUT2D eigenvalue weighted by Gasteiger charge is -2.34. The highest BCUT2D eigenvalue weighted by atomic mass is 16.6. The summed E-state index contributed by atoms with van der Waals surface area (Å²) in [5.41, 5.74) is 0. The van der Waals surface area contributed by atoms with Crippen molar-refractivity contribution in [2.24, 2.45) is 0 Å². The molecule has 1 heterocycles. The molecule has 1 saturated carbocycles. The average molecular weight is 185 g/mol. The molecule has 3 nitrogen and oxygen atoms in total. The Kier molecular flexibility index (Phi) is 2.58. The van der Waals surface area contributed by atoms with Crippen molar-refractivity contribution in [2.45, 2.75) is 51.0 Å². The fourth-order valence-corrected chi connectivity index (χ4v) is 2.51. The maximum Gasteiger partial charge on any atom is 0.102 e. The first kappa shape index (κ1) is 9.44.